The van der Waals surface area contributed by atoms with Crippen LogP contribution >= 0.6 is 0 Å². The highest BCUT2D eigenvalue weighted by molar-refractivity contribution is 5.90. The van der Waals surface area contributed by atoms with Gasteiger partial charge in [0.25, 0.3) is 0 Å². The molecule has 1 fully saturated rings. The van der Waals surface area contributed by atoms with E-state index in [1.165, 1.54) is 16.5 Å². The zero-order valence-electron chi connectivity index (χ0n) is 17.6. The normalized spacial score (nSPS) is 14.8. The van der Waals surface area contributed by atoms with Crippen molar-refractivity contribution >= 4 is 16.8 Å². The summed E-state index contributed by atoms with van der Waals surface area (Å²) in [5.41, 5.74) is 5.59. The molecule has 6 nitrogen and oxygen atoms in total. The number of ether oxygens (including phenoxy) is 1. The molecule has 158 valence electrons. The van der Waals surface area contributed by atoms with Crippen LogP contribution in [0.4, 0.5) is 0 Å². The first-order valence-electron chi connectivity index (χ1n) is 10.8. The fourth-order valence-corrected chi connectivity index (χ4v) is 4.04. The van der Waals surface area contributed by atoms with Gasteiger partial charge in [-0.3, -0.25) is 14.7 Å². The number of aryl methyl sites for hydroxylation is 2. The largest absolute Gasteiger partial charge is 0.379 e. The Morgan fingerprint density at radius 2 is 2.10 bits per heavy atom. The van der Waals surface area contributed by atoms with E-state index in [1.54, 1.807) is 0 Å². The molecule has 0 saturated carbocycles. The predicted molar refractivity (Wildman–Crippen MR) is 119 cm³/mol. The Bertz CT molecular complexity index is 978. The van der Waals surface area contributed by atoms with Crippen molar-refractivity contribution in [3.8, 4) is 11.4 Å². The van der Waals surface area contributed by atoms with Crippen LogP contribution in [0.2, 0.25) is 0 Å². The Hall–Kier alpha value is -2.70. The third-order valence-corrected chi connectivity index (χ3v) is 5.67. The molecule has 1 aromatic carbocycles. The molecule has 2 N–H and O–H groups in total. The quantitative estimate of drug-likeness (QED) is 0.602. The van der Waals surface area contributed by atoms with Crippen molar-refractivity contribution in [2.24, 2.45) is 0 Å². The van der Waals surface area contributed by atoms with E-state index in [-0.39, 0.29) is 5.91 Å². The fourth-order valence-electron chi connectivity index (χ4n) is 4.04. The summed E-state index contributed by atoms with van der Waals surface area (Å²) >= 11 is 0. The van der Waals surface area contributed by atoms with Gasteiger partial charge in [0.15, 0.2) is 0 Å². The highest BCUT2D eigenvalue weighted by Gasteiger charge is 2.15. The summed E-state index contributed by atoms with van der Waals surface area (Å²) < 4.78 is 5.36. The maximum atomic E-state index is 12.3. The zero-order chi connectivity index (χ0) is 20.8. The van der Waals surface area contributed by atoms with E-state index >= 15 is 0 Å². The van der Waals surface area contributed by atoms with E-state index in [4.69, 9.17) is 4.74 Å². The lowest BCUT2D eigenvalue weighted by molar-refractivity contribution is -0.121. The van der Waals surface area contributed by atoms with Gasteiger partial charge in [-0.25, -0.2) is 0 Å². The summed E-state index contributed by atoms with van der Waals surface area (Å²) in [7, 11) is 0. The Kier molecular flexibility index (Phi) is 6.77. The Morgan fingerprint density at radius 3 is 2.90 bits per heavy atom. The van der Waals surface area contributed by atoms with Crippen LogP contribution in [-0.4, -0.2) is 60.2 Å². The van der Waals surface area contributed by atoms with Crippen LogP contribution in [0.1, 0.15) is 24.0 Å². The molecule has 6 heteroatoms. The van der Waals surface area contributed by atoms with E-state index in [9.17, 15) is 4.79 Å². The minimum Gasteiger partial charge on any atom is -0.379 e. The molecule has 0 bridgehead atoms. The van der Waals surface area contributed by atoms with E-state index in [0.717, 1.165) is 62.6 Å². The van der Waals surface area contributed by atoms with Crippen LogP contribution in [0.5, 0.6) is 0 Å². The van der Waals surface area contributed by atoms with Crippen molar-refractivity contribution in [1.82, 2.24) is 20.2 Å². The average Bonchev–Trinajstić information content (AvgIpc) is 3.13. The monoisotopic (exact) mass is 406 g/mol. The number of carbonyl (C=O) groups excluding carboxylic acids is 1. The molecule has 0 radical (unpaired) electrons. The lowest BCUT2D eigenvalue weighted by Crippen LogP contribution is -2.41. The number of hydrogen-bond acceptors (Lipinski definition) is 4. The van der Waals surface area contributed by atoms with Gasteiger partial charge in [0.2, 0.25) is 5.91 Å². The molecule has 0 unspecified atom stereocenters. The highest BCUT2D eigenvalue weighted by Crippen LogP contribution is 2.31. The van der Waals surface area contributed by atoms with Crippen molar-refractivity contribution in [3.63, 3.8) is 0 Å². The number of hydrogen-bond donors (Lipinski definition) is 2. The van der Waals surface area contributed by atoms with Crippen LogP contribution in [0.25, 0.3) is 22.3 Å². The van der Waals surface area contributed by atoms with Crippen molar-refractivity contribution < 1.29 is 9.53 Å². The first-order valence-corrected chi connectivity index (χ1v) is 10.8. The number of nitrogens with zero attached hydrogens (tertiary/aromatic N) is 2. The number of fused-ring (bicyclic) bond motifs is 1. The maximum Gasteiger partial charge on any atom is 0.220 e. The summed E-state index contributed by atoms with van der Waals surface area (Å²) in [5.74, 6) is 0.124. The maximum absolute atomic E-state index is 12.3. The number of pyridine rings is 1. The molecule has 2 aromatic heterocycles. The van der Waals surface area contributed by atoms with Crippen LogP contribution in [0, 0.1) is 6.92 Å². The van der Waals surface area contributed by atoms with Gasteiger partial charge in [0, 0.05) is 49.7 Å². The second-order valence-corrected chi connectivity index (χ2v) is 7.90. The average molecular weight is 407 g/mol. The predicted octanol–water partition coefficient (Wildman–Crippen LogP) is 3.31. The molecule has 1 aliphatic rings. The second-order valence-electron chi connectivity index (χ2n) is 7.90. The molecule has 1 amide bonds. The van der Waals surface area contributed by atoms with Crippen LogP contribution in [-0.2, 0) is 16.0 Å². The van der Waals surface area contributed by atoms with Crippen molar-refractivity contribution in [2.45, 2.75) is 26.2 Å². The standard InChI is InChI=1S/C24H30N4O2/c1-18-8-9-21-20(17-18)19(24(27-21)22-6-2-3-10-25-22)5-4-7-23(29)26-11-12-28-13-15-30-16-14-28/h2-3,6,8-10,17,27H,4-5,7,11-16H2,1H3,(H,26,29). The summed E-state index contributed by atoms with van der Waals surface area (Å²) in [4.78, 5) is 22.7. The Labute approximate surface area is 177 Å². The molecule has 4 rings (SSSR count). The number of benzene rings is 1. The molecule has 30 heavy (non-hydrogen) atoms. The number of nitrogens with one attached hydrogen (secondary N) is 2. The SMILES string of the molecule is Cc1ccc2[nH]c(-c3ccccn3)c(CCCC(=O)NCCN3CCOCC3)c2c1. The lowest BCUT2D eigenvalue weighted by atomic mass is 10.0. The molecular weight excluding hydrogens is 376 g/mol. The zero-order valence-corrected chi connectivity index (χ0v) is 17.6. The van der Waals surface area contributed by atoms with Crippen molar-refractivity contribution in [2.75, 3.05) is 39.4 Å². The second kappa shape index (κ2) is 9.87. The van der Waals surface area contributed by atoms with Crippen molar-refractivity contribution in [3.05, 3.63) is 53.7 Å². The lowest BCUT2D eigenvalue weighted by Gasteiger charge is -2.26. The first-order chi connectivity index (χ1) is 14.7. The summed E-state index contributed by atoms with van der Waals surface area (Å²) in [6.45, 7) is 7.18. The molecule has 0 atom stereocenters. The van der Waals surface area contributed by atoms with E-state index < -0.39 is 0 Å². The molecule has 3 aromatic rings. The highest BCUT2D eigenvalue weighted by atomic mass is 16.5. The number of morpholine rings is 1. The van der Waals surface area contributed by atoms with Gasteiger partial charge in [-0.2, -0.15) is 0 Å². The number of H-pyrrole nitrogens is 1. The fraction of sp³-hybridized carbons (Fsp3) is 0.417. The van der Waals surface area contributed by atoms with Gasteiger partial charge in [0.05, 0.1) is 24.6 Å². The van der Waals surface area contributed by atoms with E-state index in [0.29, 0.717) is 13.0 Å². The van der Waals surface area contributed by atoms with Gasteiger partial charge in [-0.1, -0.05) is 17.7 Å². The molecule has 1 aliphatic heterocycles. The van der Waals surface area contributed by atoms with Gasteiger partial charge >= 0.3 is 0 Å². The van der Waals surface area contributed by atoms with Gasteiger partial charge in [-0.05, 0) is 49.6 Å². The molecule has 0 spiro atoms. The molecular formula is C24H30N4O2. The molecule has 0 aliphatic carbocycles. The number of aromatic nitrogens is 2. The van der Waals surface area contributed by atoms with E-state index in [2.05, 4.69) is 45.3 Å². The summed E-state index contributed by atoms with van der Waals surface area (Å²) in [6, 6.07) is 12.4. The van der Waals surface area contributed by atoms with Crippen LogP contribution in [0.15, 0.2) is 42.6 Å². The number of carbonyl (C=O) groups is 1. The Balaban J connectivity index is 1.37. The molecule has 3 heterocycles. The first kappa shape index (κ1) is 20.6. The third kappa shape index (κ3) is 5.07. The van der Waals surface area contributed by atoms with Gasteiger partial charge in [-0.15, -0.1) is 0 Å². The minimum atomic E-state index is 0.124. The van der Waals surface area contributed by atoms with E-state index in [1.807, 2.05) is 24.4 Å². The Morgan fingerprint density at radius 1 is 1.23 bits per heavy atom. The van der Waals surface area contributed by atoms with Gasteiger partial charge in [0.1, 0.15) is 0 Å². The number of amides is 1. The van der Waals surface area contributed by atoms with Crippen molar-refractivity contribution in [1.29, 1.82) is 0 Å². The summed E-state index contributed by atoms with van der Waals surface area (Å²) in [6.07, 6.45) is 4.00. The number of rotatable bonds is 8. The van der Waals surface area contributed by atoms with Crippen LogP contribution in [0.3, 0.4) is 0 Å². The van der Waals surface area contributed by atoms with Gasteiger partial charge < -0.3 is 15.0 Å². The summed E-state index contributed by atoms with van der Waals surface area (Å²) in [5, 5.41) is 4.29. The molecule has 1 saturated heterocycles. The third-order valence-electron chi connectivity index (χ3n) is 5.67. The number of aromatic amines is 1. The minimum absolute atomic E-state index is 0.124. The smallest absolute Gasteiger partial charge is 0.220 e. The van der Waals surface area contributed by atoms with Crippen LogP contribution < -0.4 is 5.32 Å². The topological polar surface area (TPSA) is 70.2 Å².